The fraction of sp³-hybridized carbons (Fsp3) is 1.00. The lowest BCUT2D eigenvalue weighted by molar-refractivity contribution is -0.227. The van der Waals surface area contributed by atoms with Gasteiger partial charge in [0.25, 0.3) is 0 Å². The van der Waals surface area contributed by atoms with E-state index < -0.39 is 11.6 Å². The largest absolute Gasteiger partial charge is 0.343 e. The third-order valence-corrected chi connectivity index (χ3v) is 4.04. The number of alkyl halides is 1. The highest BCUT2D eigenvalue weighted by molar-refractivity contribution is 9.09. The summed E-state index contributed by atoms with van der Waals surface area (Å²) >= 11 is 3.45. The third-order valence-electron chi connectivity index (χ3n) is 3.40. The summed E-state index contributed by atoms with van der Waals surface area (Å²) in [5.74, 6) is -1.25. The van der Waals surface area contributed by atoms with Crippen LogP contribution in [0, 0.1) is 0 Å². The molecule has 0 bridgehead atoms. The molecule has 104 valence electrons. The summed E-state index contributed by atoms with van der Waals surface area (Å²) in [7, 11) is 0. The van der Waals surface area contributed by atoms with Crippen LogP contribution in [0.4, 0.5) is 0 Å². The minimum atomic E-state index is -0.642. The smallest absolute Gasteiger partial charge is 0.190 e. The van der Waals surface area contributed by atoms with Crippen molar-refractivity contribution in [2.45, 2.75) is 70.0 Å². The van der Waals surface area contributed by atoms with E-state index in [0.717, 1.165) is 0 Å². The van der Waals surface area contributed by atoms with Gasteiger partial charge in [0, 0.05) is 5.33 Å². The second kappa shape index (κ2) is 4.14. The highest BCUT2D eigenvalue weighted by Crippen LogP contribution is 2.44. The molecular formula is C12H19BrO5. The molecular weight excluding hydrogens is 304 g/mol. The van der Waals surface area contributed by atoms with Crippen molar-refractivity contribution in [2.75, 3.05) is 5.33 Å². The van der Waals surface area contributed by atoms with Gasteiger partial charge in [-0.15, -0.1) is 0 Å². The van der Waals surface area contributed by atoms with Gasteiger partial charge < -0.3 is 23.7 Å². The van der Waals surface area contributed by atoms with Crippen LogP contribution >= 0.6 is 15.9 Å². The van der Waals surface area contributed by atoms with Crippen LogP contribution in [-0.2, 0) is 23.7 Å². The maximum atomic E-state index is 5.96. The van der Waals surface area contributed by atoms with E-state index in [0.29, 0.717) is 5.33 Å². The van der Waals surface area contributed by atoms with Gasteiger partial charge in [-0.2, -0.15) is 0 Å². The average Bonchev–Trinajstić information content (AvgIpc) is 2.71. The molecule has 5 nitrogen and oxygen atoms in total. The number of rotatable bonds is 1. The fourth-order valence-corrected chi connectivity index (χ4v) is 3.34. The van der Waals surface area contributed by atoms with Crippen LogP contribution in [0.15, 0.2) is 0 Å². The molecule has 2 unspecified atom stereocenters. The maximum Gasteiger partial charge on any atom is 0.190 e. The topological polar surface area (TPSA) is 46.2 Å². The average molecular weight is 323 g/mol. The van der Waals surface area contributed by atoms with E-state index in [-0.39, 0.29) is 30.7 Å². The molecule has 0 aromatic carbocycles. The lowest BCUT2D eigenvalue weighted by Crippen LogP contribution is -2.55. The first-order valence-corrected chi connectivity index (χ1v) is 7.36. The number of ether oxygens (including phenoxy) is 5. The number of hydrogen-bond acceptors (Lipinski definition) is 5. The van der Waals surface area contributed by atoms with Crippen molar-refractivity contribution in [3.8, 4) is 0 Å². The van der Waals surface area contributed by atoms with E-state index in [9.17, 15) is 0 Å². The summed E-state index contributed by atoms with van der Waals surface area (Å²) in [6.07, 6.45) is -0.986. The van der Waals surface area contributed by atoms with E-state index in [2.05, 4.69) is 15.9 Å². The Morgan fingerprint density at radius 1 is 0.833 bits per heavy atom. The standard InChI is InChI=1S/C12H19BrO5/c1-11(2)15-7-6(5-13)14-10-9(8(7)16-11)17-12(3,4)18-10/h6-10H,5H2,1-4H3/t6?,7-,8-,9?,10+/m0/s1. The Hall–Kier alpha value is 0.280. The van der Waals surface area contributed by atoms with Gasteiger partial charge >= 0.3 is 0 Å². The fourth-order valence-electron chi connectivity index (χ4n) is 2.82. The Morgan fingerprint density at radius 3 is 2.06 bits per heavy atom. The van der Waals surface area contributed by atoms with Gasteiger partial charge in [0.15, 0.2) is 17.9 Å². The van der Waals surface area contributed by atoms with Crippen molar-refractivity contribution in [3.05, 3.63) is 0 Å². The van der Waals surface area contributed by atoms with Crippen molar-refractivity contribution < 1.29 is 23.7 Å². The molecule has 6 heteroatoms. The molecule has 0 N–H and O–H groups in total. The molecule has 3 aliphatic rings. The third kappa shape index (κ3) is 2.13. The summed E-state index contributed by atoms with van der Waals surface area (Å²) in [5, 5.41) is 0.681. The second-order valence-corrected chi connectivity index (χ2v) is 6.51. The van der Waals surface area contributed by atoms with Crippen LogP contribution in [0.2, 0.25) is 0 Å². The molecule has 0 aromatic heterocycles. The summed E-state index contributed by atoms with van der Waals surface area (Å²) in [4.78, 5) is 0. The van der Waals surface area contributed by atoms with E-state index >= 15 is 0 Å². The predicted molar refractivity (Wildman–Crippen MR) is 66.3 cm³/mol. The first-order valence-electron chi connectivity index (χ1n) is 6.24. The Labute approximate surface area is 115 Å². The number of fused-ring (bicyclic) bond motifs is 3. The second-order valence-electron chi connectivity index (χ2n) is 5.86. The lowest BCUT2D eigenvalue weighted by Gasteiger charge is -2.36. The molecule has 0 saturated carbocycles. The Bertz CT molecular complexity index is 345. The molecule has 3 aliphatic heterocycles. The summed E-state index contributed by atoms with van der Waals surface area (Å²) in [5.41, 5.74) is 0. The van der Waals surface area contributed by atoms with E-state index in [1.54, 1.807) is 0 Å². The van der Waals surface area contributed by atoms with Crippen LogP contribution in [0.5, 0.6) is 0 Å². The van der Waals surface area contributed by atoms with Crippen molar-refractivity contribution >= 4 is 15.9 Å². The molecule has 5 atom stereocenters. The summed E-state index contributed by atoms with van der Waals surface area (Å²) in [6, 6.07) is 0. The summed E-state index contributed by atoms with van der Waals surface area (Å²) < 4.78 is 29.4. The van der Waals surface area contributed by atoms with Gasteiger partial charge in [0.05, 0.1) is 6.10 Å². The quantitative estimate of drug-likeness (QED) is 0.689. The maximum absolute atomic E-state index is 5.96. The van der Waals surface area contributed by atoms with Gasteiger partial charge in [0.1, 0.15) is 18.3 Å². The van der Waals surface area contributed by atoms with Crippen LogP contribution in [0.1, 0.15) is 27.7 Å². The summed E-state index contributed by atoms with van der Waals surface area (Å²) in [6.45, 7) is 7.58. The van der Waals surface area contributed by atoms with Crippen molar-refractivity contribution in [3.63, 3.8) is 0 Å². The van der Waals surface area contributed by atoms with Crippen LogP contribution in [0.25, 0.3) is 0 Å². The van der Waals surface area contributed by atoms with Gasteiger partial charge in [-0.1, -0.05) is 15.9 Å². The lowest BCUT2D eigenvalue weighted by atomic mass is 10.0. The molecule has 3 heterocycles. The molecule has 3 fully saturated rings. The molecule has 0 amide bonds. The molecule has 3 rings (SSSR count). The van der Waals surface area contributed by atoms with Crippen molar-refractivity contribution in [1.82, 2.24) is 0 Å². The zero-order valence-electron chi connectivity index (χ0n) is 11.0. The number of halogens is 1. The van der Waals surface area contributed by atoms with Gasteiger partial charge in [-0.05, 0) is 27.7 Å². The zero-order chi connectivity index (χ0) is 13.1. The highest BCUT2D eigenvalue weighted by Gasteiger charge is 2.60. The minimum absolute atomic E-state index is 0.0875. The van der Waals surface area contributed by atoms with E-state index in [4.69, 9.17) is 23.7 Å². The van der Waals surface area contributed by atoms with Crippen LogP contribution < -0.4 is 0 Å². The van der Waals surface area contributed by atoms with Gasteiger partial charge in [-0.25, -0.2) is 0 Å². The SMILES string of the molecule is CC1(C)OC2[C@H](OC(CBr)[C@@H]3OC(C)(C)O[C@H]23)O1. The minimum Gasteiger partial charge on any atom is -0.343 e. The Kier molecular flexibility index (Phi) is 3.05. The van der Waals surface area contributed by atoms with E-state index in [1.165, 1.54) is 0 Å². The number of hydrogen-bond donors (Lipinski definition) is 0. The monoisotopic (exact) mass is 322 g/mol. The normalized spacial score (nSPS) is 48.8. The zero-order valence-corrected chi connectivity index (χ0v) is 12.6. The first-order chi connectivity index (χ1) is 8.31. The van der Waals surface area contributed by atoms with Crippen molar-refractivity contribution in [2.24, 2.45) is 0 Å². The van der Waals surface area contributed by atoms with Crippen molar-refractivity contribution in [1.29, 1.82) is 0 Å². The van der Waals surface area contributed by atoms with Crippen LogP contribution in [-0.4, -0.2) is 47.6 Å². The van der Waals surface area contributed by atoms with Gasteiger partial charge in [-0.3, -0.25) is 0 Å². The molecule has 0 radical (unpaired) electrons. The van der Waals surface area contributed by atoms with Gasteiger partial charge in [0.2, 0.25) is 0 Å². The van der Waals surface area contributed by atoms with Crippen LogP contribution in [0.3, 0.4) is 0 Å². The Morgan fingerprint density at radius 2 is 1.39 bits per heavy atom. The molecule has 0 aromatic rings. The molecule has 0 aliphatic carbocycles. The predicted octanol–water partition coefficient (Wildman–Crippen LogP) is 1.78. The Balaban J connectivity index is 1.86. The molecule has 3 saturated heterocycles. The molecule has 0 spiro atoms. The highest BCUT2D eigenvalue weighted by atomic mass is 79.9. The first kappa shape index (κ1) is 13.3. The van der Waals surface area contributed by atoms with E-state index in [1.807, 2.05) is 27.7 Å². The molecule has 18 heavy (non-hydrogen) atoms.